The van der Waals surface area contributed by atoms with Crippen LogP contribution in [0, 0.1) is 5.41 Å². The largest absolute Gasteiger partial charge is 0.481 e. The standard InChI is InChI=1S/C16H28N2O3/c17-12-15(6-2-1-3-7-15)10-13(19)18-16(11-14(20)21)8-4-5-9-16/h1-12,17H2,(H,18,19)(H,20,21). The van der Waals surface area contributed by atoms with Crippen molar-refractivity contribution in [2.75, 3.05) is 6.54 Å². The van der Waals surface area contributed by atoms with Gasteiger partial charge in [-0.2, -0.15) is 0 Å². The summed E-state index contributed by atoms with van der Waals surface area (Å²) in [5.74, 6) is -0.839. The second-order valence-electron chi connectivity index (χ2n) is 7.05. The fourth-order valence-corrected chi connectivity index (χ4v) is 4.12. The van der Waals surface area contributed by atoms with Crippen molar-refractivity contribution in [3.05, 3.63) is 0 Å². The van der Waals surface area contributed by atoms with Gasteiger partial charge in [-0.15, -0.1) is 0 Å². The van der Waals surface area contributed by atoms with E-state index in [1.807, 2.05) is 0 Å². The van der Waals surface area contributed by atoms with Crippen LogP contribution in [0.15, 0.2) is 0 Å². The number of amides is 1. The maximum atomic E-state index is 12.5. The number of carboxylic acid groups (broad SMARTS) is 1. The Morgan fingerprint density at radius 1 is 0.952 bits per heavy atom. The van der Waals surface area contributed by atoms with E-state index >= 15 is 0 Å². The van der Waals surface area contributed by atoms with E-state index in [4.69, 9.17) is 10.8 Å². The minimum Gasteiger partial charge on any atom is -0.481 e. The summed E-state index contributed by atoms with van der Waals surface area (Å²) < 4.78 is 0. The molecule has 2 rings (SSSR count). The number of hydrogen-bond acceptors (Lipinski definition) is 3. The highest BCUT2D eigenvalue weighted by Gasteiger charge is 2.39. The lowest BCUT2D eigenvalue weighted by molar-refractivity contribution is -0.139. The number of nitrogens with one attached hydrogen (secondary N) is 1. The fourth-order valence-electron chi connectivity index (χ4n) is 4.12. The van der Waals surface area contributed by atoms with Gasteiger partial charge in [0.1, 0.15) is 0 Å². The van der Waals surface area contributed by atoms with Crippen molar-refractivity contribution in [3.8, 4) is 0 Å². The Morgan fingerprint density at radius 2 is 1.52 bits per heavy atom. The van der Waals surface area contributed by atoms with Crippen LogP contribution in [0.25, 0.3) is 0 Å². The van der Waals surface area contributed by atoms with Crippen LogP contribution >= 0.6 is 0 Å². The maximum Gasteiger partial charge on any atom is 0.305 e. The molecule has 1 amide bonds. The zero-order chi connectivity index (χ0) is 15.3. The summed E-state index contributed by atoms with van der Waals surface area (Å²) in [7, 11) is 0. The van der Waals surface area contributed by atoms with Crippen molar-refractivity contribution in [1.82, 2.24) is 5.32 Å². The van der Waals surface area contributed by atoms with Gasteiger partial charge in [-0.3, -0.25) is 9.59 Å². The average Bonchev–Trinajstić information content (AvgIpc) is 2.86. The Balaban J connectivity index is 1.97. The van der Waals surface area contributed by atoms with Crippen LogP contribution in [0.4, 0.5) is 0 Å². The van der Waals surface area contributed by atoms with Gasteiger partial charge in [0.2, 0.25) is 5.91 Å². The van der Waals surface area contributed by atoms with E-state index in [2.05, 4.69) is 5.32 Å². The first-order valence-electron chi connectivity index (χ1n) is 8.22. The molecule has 2 aliphatic rings. The van der Waals surface area contributed by atoms with Gasteiger partial charge in [-0.1, -0.05) is 32.1 Å². The van der Waals surface area contributed by atoms with Crippen LogP contribution in [0.2, 0.25) is 0 Å². The van der Waals surface area contributed by atoms with Crippen molar-refractivity contribution in [3.63, 3.8) is 0 Å². The second kappa shape index (κ2) is 6.77. The molecule has 0 spiro atoms. The molecule has 120 valence electrons. The smallest absolute Gasteiger partial charge is 0.305 e. The van der Waals surface area contributed by atoms with Crippen molar-refractivity contribution >= 4 is 11.9 Å². The van der Waals surface area contributed by atoms with Gasteiger partial charge >= 0.3 is 5.97 Å². The van der Waals surface area contributed by atoms with Crippen molar-refractivity contribution in [2.45, 2.75) is 76.2 Å². The Labute approximate surface area is 126 Å². The van der Waals surface area contributed by atoms with Crippen LogP contribution in [-0.4, -0.2) is 29.1 Å². The lowest BCUT2D eigenvalue weighted by Crippen LogP contribution is -2.50. The summed E-state index contributed by atoms with van der Waals surface area (Å²) >= 11 is 0. The maximum absolute atomic E-state index is 12.5. The molecule has 0 aliphatic heterocycles. The number of carbonyl (C=O) groups excluding carboxylic acids is 1. The Kier molecular flexibility index (Phi) is 5.25. The molecular formula is C16H28N2O3. The summed E-state index contributed by atoms with van der Waals surface area (Å²) in [5, 5.41) is 12.2. The summed E-state index contributed by atoms with van der Waals surface area (Å²) in [4.78, 5) is 23.5. The van der Waals surface area contributed by atoms with Crippen molar-refractivity contribution in [1.29, 1.82) is 0 Å². The third-order valence-corrected chi connectivity index (χ3v) is 5.34. The molecule has 0 aromatic carbocycles. The van der Waals surface area contributed by atoms with E-state index in [-0.39, 0.29) is 17.7 Å². The van der Waals surface area contributed by atoms with Crippen LogP contribution < -0.4 is 11.1 Å². The average molecular weight is 296 g/mol. The lowest BCUT2D eigenvalue weighted by atomic mass is 9.71. The second-order valence-corrected chi connectivity index (χ2v) is 7.05. The summed E-state index contributed by atoms with van der Waals surface area (Å²) in [6, 6.07) is 0. The molecule has 2 saturated carbocycles. The number of carboxylic acids is 1. The summed E-state index contributed by atoms with van der Waals surface area (Å²) in [6.45, 7) is 0.548. The monoisotopic (exact) mass is 296 g/mol. The van der Waals surface area contributed by atoms with Gasteiger partial charge in [-0.25, -0.2) is 0 Å². The van der Waals surface area contributed by atoms with E-state index in [1.54, 1.807) is 0 Å². The minimum absolute atomic E-state index is 0.00880. The molecular weight excluding hydrogens is 268 g/mol. The molecule has 0 bridgehead atoms. The first-order valence-corrected chi connectivity index (χ1v) is 8.22. The number of rotatable bonds is 6. The number of nitrogens with two attached hydrogens (primary N) is 1. The quantitative estimate of drug-likeness (QED) is 0.700. The lowest BCUT2D eigenvalue weighted by Gasteiger charge is -2.37. The van der Waals surface area contributed by atoms with Crippen LogP contribution in [0.5, 0.6) is 0 Å². The highest BCUT2D eigenvalue weighted by Crippen LogP contribution is 2.39. The van der Waals surface area contributed by atoms with Gasteiger partial charge in [0.25, 0.3) is 0 Å². The predicted molar refractivity (Wildman–Crippen MR) is 80.8 cm³/mol. The van der Waals surface area contributed by atoms with Crippen LogP contribution in [-0.2, 0) is 9.59 Å². The minimum atomic E-state index is -0.830. The molecule has 0 aromatic heterocycles. The third kappa shape index (κ3) is 4.19. The van der Waals surface area contributed by atoms with Gasteiger partial charge < -0.3 is 16.2 Å². The van der Waals surface area contributed by atoms with E-state index in [0.717, 1.165) is 51.4 Å². The SMILES string of the molecule is NCC1(CC(=O)NC2(CC(=O)O)CCCC2)CCCCC1. The predicted octanol–water partition coefficient (Wildman–Crippen LogP) is 2.19. The Bertz CT molecular complexity index is 383. The fraction of sp³-hybridized carbons (Fsp3) is 0.875. The van der Waals surface area contributed by atoms with Gasteiger partial charge in [0.05, 0.1) is 12.0 Å². The van der Waals surface area contributed by atoms with E-state index in [0.29, 0.717) is 13.0 Å². The molecule has 0 atom stereocenters. The molecule has 5 nitrogen and oxygen atoms in total. The van der Waals surface area contributed by atoms with Crippen LogP contribution in [0.3, 0.4) is 0 Å². The summed E-state index contributed by atoms with van der Waals surface area (Å²) in [5.41, 5.74) is 5.35. The van der Waals surface area contributed by atoms with Gasteiger partial charge in [0.15, 0.2) is 0 Å². The van der Waals surface area contributed by atoms with Crippen molar-refractivity contribution in [2.24, 2.45) is 11.1 Å². The molecule has 5 heteroatoms. The Morgan fingerprint density at radius 3 is 2.05 bits per heavy atom. The first kappa shape index (κ1) is 16.3. The van der Waals surface area contributed by atoms with Crippen molar-refractivity contribution < 1.29 is 14.7 Å². The van der Waals surface area contributed by atoms with Gasteiger partial charge in [-0.05, 0) is 37.6 Å². The molecule has 0 saturated heterocycles. The number of carbonyl (C=O) groups is 2. The summed E-state index contributed by atoms with van der Waals surface area (Å²) in [6.07, 6.45) is 9.58. The zero-order valence-corrected chi connectivity index (χ0v) is 12.8. The molecule has 2 fully saturated rings. The van der Waals surface area contributed by atoms with E-state index < -0.39 is 11.5 Å². The van der Waals surface area contributed by atoms with Gasteiger partial charge in [0, 0.05) is 6.42 Å². The third-order valence-electron chi connectivity index (χ3n) is 5.34. The van der Waals surface area contributed by atoms with E-state index in [9.17, 15) is 9.59 Å². The first-order chi connectivity index (χ1) is 9.99. The molecule has 0 radical (unpaired) electrons. The number of hydrogen-bond donors (Lipinski definition) is 3. The number of aliphatic carboxylic acids is 1. The molecule has 4 N–H and O–H groups in total. The highest BCUT2D eigenvalue weighted by atomic mass is 16.4. The van der Waals surface area contributed by atoms with E-state index in [1.165, 1.54) is 6.42 Å². The normalized spacial score (nSPS) is 23.7. The highest BCUT2D eigenvalue weighted by molar-refractivity contribution is 5.79. The molecule has 0 unspecified atom stereocenters. The topological polar surface area (TPSA) is 92.4 Å². The zero-order valence-electron chi connectivity index (χ0n) is 12.8. The van der Waals surface area contributed by atoms with Crippen LogP contribution in [0.1, 0.15) is 70.6 Å². The Hall–Kier alpha value is -1.10. The molecule has 0 aromatic rings. The molecule has 2 aliphatic carbocycles. The molecule has 21 heavy (non-hydrogen) atoms. The molecule has 0 heterocycles.